The Morgan fingerprint density at radius 1 is 1.47 bits per heavy atom. The van der Waals surface area contributed by atoms with E-state index in [-0.39, 0.29) is 5.92 Å². The number of aromatic nitrogens is 1. The van der Waals surface area contributed by atoms with E-state index in [0.717, 1.165) is 12.1 Å². The minimum atomic E-state index is -3.57. The molecule has 0 N–H and O–H groups in total. The lowest BCUT2D eigenvalue weighted by Gasteiger charge is -2.11. The predicted molar refractivity (Wildman–Crippen MR) is 57.9 cm³/mol. The van der Waals surface area contributed by atoms with Crippen molar-refractivity contribution in [3.63, 3.8) is 0 Å². The van der Waals surface area contributed by atoms with Crippen LogP contribution in [0.2, 0.25) is 0 Å². The maximum atomic E-state index is 11.1. The van der Waals surface area contributed by atoms with E-state index >= 15 is 0 Å². The van der Waals surface area contributed by atoms with Crippen molar-refractivity contribution in [2.45, 2.75) is 12.3 Å². The van der Waals surface area contributed by atoms with Crippen molar-refractivity contribution in [3.8, 4) is 0 Å². The van der Waals surface area contributed by atoms with Crippen LogP contribution in [0.4, 0.5) is 0 Å². The summed E-state index contributed by atoms with van der Waals surface area (Å²) in [6, 6.07) is 5.66. The van der Waals surface area contributed by atoms with E-state index in [2.05, 4.69) is 4.98 Å². The lowest BCUT2D eigenvalue weighted by molar-refractivity contribution is 0.486. The molecule has 0 aliphatic carbocycles. The predicted octanol–water partition coefficient (Wildman–Crippen LogP) is 1.35. The Morgan fingerprint density at radius 3 is 2.80 bits per heavy atom. The summed E-state index contributed by atoms with van der Waals surface area (Å²) < 4.78 is 23.4. The lowest BCUT2D eigenvalue weighted by Crippen LogP contribution is -2.24. The third-order valence-electron chi connectivity index (χ3n) is 2.57. The largest absolute Gasteiger partial charge is 0.299 e. The average Bonchev–Trinajstić information content (AvgIpc) is 2.67. The van der Waals surface area contributed by atoms with E-state index in [9.17, 15) is 8.42 Å². The van der Waals surface area contributed by atoms with E-state index in [4.69, 9.17) is 10.7 Å². The zero-order valence-corrected chi connectivity index (χ0v) is 9.58. The second-order valence-electron chi connectivity index (χ2n) is 3.54. The molecule has 2 heterocycles. The zero-order valence-electron chi connectivity index (χ0n) is 8.01. The number of rotatable bonds is 2. The first-order valence-corrected chi connectivity index (χ1v) is 6.94. The monoisotopic (exact) mass is 246 g/mol. The molecule has 1 fully saturated rings. The molecule has 1 aliphatic heterocycles. The first-order valence-electron chi connectivity index (χ1n) is 4.68. The van der Waals surface area contributed by atoms with Gasteiger partial charge in [0.05, 0.1) is 0 Å². The molecule has 0 bridgehead atoms. The fraction of sp³-hybridized carbons (Fsp3) is 0.444. The maximum Gasteiger partial charge on any atom is 0.299 e. The number of hydrogen-bond donors (Lipinski definition) is 0. The number of pyridine rings is 1. The summed E-state index contributed by atoms with van der Waals surface area (Å²) in [4.78, 5) is 4.21. The van der Waals surface area contributed by atoms with Crippen LogP contribution in [0.1, 0.15) is 18.0 Å². The fourth-order valence-electron chi connectivity index (χ4n) is 1.79. The Kier molecular flexibility index (Phi) is 2.95. The topological polar surface area (TPSA) is 50.3 Å². The molecule has 1 aromatic heterocycles. The zero-order chi connectivity index (χ0) is 10.9. The Bertz CT molecular complexity index is 435. The molecule has 15 heavy (non-hydrogen) atoms. The summed E-state index contributed by atoms with van der Waals surface area (Å²) in [5, 5.41) is 0. The van der Waals surface area contributed by atoms with Crippen LogP contribution in [0, 0.1) is 0 Å². The molecule has 1 unspecified atom stereocenters. The highest BCUT2D eigenvalue weighted by Gasteiger charge is 2.31. The van der Waals surface area contributed by atoms with E-state index in [1.807, 2.05) is 18.2 Å². The van der Waals surface area contributed by atoms with Crippen LogP contribution < -0.4 is 0 Å². The molecule has 0 radical (unpaired) electrons. The summed E-state index contributed by atoms with van der Waals surface area (Å²) in [6.45, 7) is 0.913. The highest BCUT2D eigenvalue weighted by atomic mass is 35.7. The smallest absolute Gasteiger partial charge is 0.261 e. The Labute approximate surface area is 93.4 Å². The van der Waals surface area contributed by atoms with Gasteiger partial charge in [-0.1, -0.05) is 6.07 Å². The minimum absolute atomic E-state index is 0.166. The number of hydrogen-bond acceptors (Lipinski definition) is 3. The van der Waals surface area contributed by atoms with Gasteiger partial charge in [0, 0.05) is 41.6 Å². The van der Waals surface area contributed by atoms with Gasteiger partial charge in [-0.25, -0.2) is 0 Å². The maximum absolute atomic E-state index is 11.1. The SMILES string of the molecule is O=S(=O)(Cl)N1CCC(c2ccccn2)C1. The molecular weight excluding hydrogens is 236 g/mol. The van der Waals surface area contributed by atoms with Crippen LogP contribution in [0.3, 0.4) is 0 Å². The highest BCUT2D eigenvalue weighted by molar-refractivity contribution is 8.11. The Hall–Kier alpha value is -0.650. The van der Waals surface area contributed by atoms with Gasteiger partial charge in [0.1, 0.15) is 0 Å². The van der Waals surface area contributed by atoms with Gasteiger partial charge < -0.3 is 0 Å². The molecule has 2 rings (SSSR count). The van der Waals surface area contributed by atoms with Gasteiger partial charge in [0.15, 0.2) is 0 Å². The molecule has 1 aromatic rings. The van der Waals surface area contributed by atoms with Crippen LogP contribution in [0.15, 0.2) is 24.4 Å². The minimum Gasteiger partial charge on any atom is -0.261 e. The molecule has 0 aromatic carbocycles. The van der Waals surface area contributed by atoms with E-state index in [1.165, 1.54) is 4.31 Å². The fourth-order valence-corrected chi connectivity index (χ4v) is 2.84. The first-order chi connectivity index (χ1) is 7.07. The van der Waals surface area contributed by atoms with Crippen molar-refractivity contribution in [3.05, 3.63) is 30.1 Å². The quantitative estimate of drug-likeness (QED) is 0.741. The average molecular weight is 247 g/mol. The van der Waals surface area contributed by atoms with Crippen molar-refractivity contribution in [1.82, 2.24) is 9.29 Å². The van der Waals surface area contributed by atoms with Crippen molar-refractivity contribution in [1.29, 1.82) is 0 Å². The van der Waals surface area contributed by atoms with Gasteiger partial charge >= 0.3 is 0 Å². The van der Waals surface area contributed by atoms with Gasteiger partial charge in [0.25, 0.3) is 9.24 Å². The second kappa shape index (κ2) is 4.08. The second-order valence-corrected chi connectivity index (χ2v) is 6.05. The Balaban J connectivity index is 2.12. The van der Waals surface area contributed by atoms with E-state index in [1.54, 1.807) is 6.20 Å². The third-order valence-corrected chi connectivity index (χ3v) is 4.10. The molecule has 82 valence electrons. The molecule has 0 saturated carbocycles. The molecule has 1 atom stereocenters. The summed E-state index contributed by atoms with van der Waals surface area (Å²) in [5.41, 5.74) is 0.931. The van der Waals surface area contributed by atoms with Gasteiger partial charge in [-0.05, 0) is 18.6 Å². The summed E-state index contributed by atoms with van der Waals surface area (Å²) in [7, 11) is 1.70. The molecule has 0 spiro atoms. The molecule has 0 amide bonds. The van der Waals surface area contributed by atoms with E-state index < -0.39 is 9.24 Å². The molecule has 6 heteroatoms. The van der Waals surface area contributed by atoms with E-state index in [0.29, 0.717) is 13.1 Å². The molecule has 1 saturated heterocycles. The van der Waals surface area contributed by atoms with Crippen LogP contribution >= 0.6 is 10.7 Å². The van der Waals surface area contributed by atoms with Crippen molar-refractivity contribution >= 4 is 19.9 Å². The van der Waals surface area contributed by atoms with Crippen LogP contribution in [-0.4, -0.2) is 30.8 Å². The molecule has 4 nitrogen and oxygen atoms in total. The van der Waals surface area contributed by atoms with Crippen LogP contribution in [0.25, 0.3) is 0 Å². The molecular formula is C9H11ClN2O2S. The van der Waals surface area contributed by atoms with Gasteiger partial charge in [-0.3, -0.25) is 4.98 Å². The summed E-state index contributed by atoms with van der Waals surface area (Å²) in [5.74, 6) is 0.166. The van der Waals surface area contributed by atoms with Gasteiger partial charge in [-0.15, -0.1) is 0 Å². The summed E-state index contributed by atoms with van der Waals surface area (Å²) >= 11 is 0. The highest BCUT2D eigenvalue weighted by Crippen LogP contribution is 2.28. The normalized spacial score (nSPS) is 23.1. The van der Waals surface area contributed by atoms with Crippen molar-refractivity contribution < 1.29 is 8.42 Å². The lowest BCUT2D eigenvalue weighted by atomic mass is 10.0. The third kappa shape index (κ3) is 2.48. The standard InChI is InChI=1S/C9H11ClN2O2S/c10-15(13,14)12-6-4-8(7-12)9-3-1-2-5-11-9/h1-3,5,8H,4,6-7H2. The Morgan fingerprint density at radius 2 is 2.27 bits per heavy atom. The van der Waals surface area contributed by atoms with Crippen LogP contribution in [-0.2, 0) is 9.24 Å². The van der Waals surface area contributed by atoms with Crippen molar-refractivity contribution in [2.24, 2.45) is 0 Å². The van der Waals surface area contributed by atoms with Gasteiger partial charge in [0.2, 0.25) is 0 Å². The summed E-state index contributed by atoms with van der Waals surface area (Å²) in [6.07, 6.45) is 2.50. The van der Waals surface area contributed by atoms with Crippen molar-refractivity contribution in [2.75, 3.05) is 13.1 Å². The van der Waals surface area contributed by atoms with Crippen LogP contribution in [0.5, 0.6) is 0 Å². The van der Waals surface area contributed by atoms with Gasteiger partial charge in [-0.2, -0.15) is 12.7 Å². The number of nitrogens with zero attached hydrogens (tertiary/aromatic N) is 2. The number of halogens is 1. The first kappa shape index (κ1) is 10.9. The molecule has 1 aliphatic rings.